The molecule has 1 aliphatic rings. The second-order valence-electron chi connectivity index (χ2n) is 6.86. The maximum Gasteiger partial charge on any atom is 0.261 e. The number of benzene rings is 1. The largest absolute Gasteiger partial charge is 0.274 e. The molecule has 122 valence electrons. The molecule has 0 fully saturated rings. The first kappa shape index (κ1) is 18.4. The van der Waals surface area contributed by atoms with Gasteiger partial charge in [0, 0.05) is 6.54 Å². The van der Waals surface area contributed by atoms with Crippen molar-refractivity contribution in [2.75, 3.05) is 6.54 Å². The fourth-order valence-corrected chi connectivity index (χ4v) is 2.47. The van der Waals surface area contributed by atoms with Crippen molar-refractivity contribution in [3.05, 3.63) is 35.4 Å². The van der Waals surface area contributed by atoms with Crippen LogP contribution in [0.2, 0.25) is 0 Å². The average Bonchev–Trinajstić information content (AvgIpc) is 2.74. The molecule has 1 aromatic rings. The molecule has 0 radical (unpaired) electrons. The molecule has 2 amide bonds. The third-order valence-corrected chi connectivity index (χ3v) is 5.15. The molecular weight excluding hydrogens is 274 g/mol. The Morgan fingerprint density at radius 3 is 1.64 bits per heavy atom. The number of hydrogen-bond acceptors (Lipinski definition) is 2. The number of carbonyl (C=O) groups is 2. The van der Waals surface area contributed by atoms with Crippen LogP contribution in [0.1, 0.15) is 75.6 Å². The second-order valence-corrected chi connectivity index (χ2v) is 6.86. The number of carbonyl (C=O) groups excluding carboxylic acids is 2. The summed E-state index contributed by atoms with van der Waals surface area (Å²) in [4.78, 5) is 26.2. The lowest BCUT2D eigenvalue weighted by Crippen LogP contribution is -2.45. The molecule has 0 saturated heterocycles. The highest BCUT2D eigenvalue weighted by atomic mass is 16.2. The maximum atomic E-state index is 12.4. The second kappa shape index (κ2) is 6.64. The molecule has 3 nitrogen and oxygen atoms in total. The van der Waals surface area contributed by atoms with Gasteiger partial charge in [-0.05, 0) is 23.0 Å². The Bertz CT molecular complexity index is 523. The predicted octanol–water partition coefficient (Wildman–Crippen LogP) is 4.77. The third-order valence-electron chi connectivity index (χ3n) is 5.15. The molecule has 1 heterocycles. The molecule has 22 heavy (non-hydrogen) atoms. The molecule has 1 aliphatic heterocycles. The van der Waals surface area contributed by atoms with Crippen molar-refractivity contribution in [1.29, 1.82) is 0 Å². The fraction of sp³-hybridized carbons (Fsp3) is 0.579. The first-order valence-electron chi connectivity index (χ1n) is 8.16. The third kappa shape index (κ3) is 3.08. The van der Waals surface area contributed by atoms with E-state index in [9.17, 15) is 9.59 Å². The molecule has 0 bridgehead atoms. The van der Waals surface area contributed by atoms with Crippen LogP contribution in [-0.4, -0.2) is 23.3 Å². The first-order valence-corrected chi connectivity index (χ1v) is 8.16. The molecule has 0 N–H and O–H groups in total. The summed E-state index contributed by atoms with van der Waals surface area (Å²) < 4.78 is 0. The van der Waals surface area contributed by atoms with Gasteiger partial charge in [-0.1, -0.05) is 67.0 Å². The van der Waals surface area contributed by atoms with Gasteiger partial charge in [0.15, 0.2) is 0 Å². The molecule has 0 atom stereocenters. The lowest BCUT2D eigenvalue weighted by Gasteiger charge is -2.43. The zero-order valence-electron chi connectivity index (χ0n) is 15.0. The van der Waals surface area contributed by atoms with Crippen LogP contribution in [0.25, 0.3) is 0 Å². The normalized spacial score (nSPS) is 14.6. The van der Waals surface area contributed by atoms with Crippen molar-refractivity contribution >= 4 is 11.8 Å². The van der Waals surface area contributed by atoms with Crippen LogP contribution in [0.4, 0.5) is 0 Å². The van der Waals surface area contributed by atoms with E-state index in [1.165, 1.54) is 4.90 Å². The average molecular weight is 303 g/mol. The molecule has 0 aromatic heterocycles. The molecule has 1 aromatic carbocycles. The van der Waals surface area contributed by atoms with Crippen LogP contribution >= 0.6 is 0 Å². The predicted molar refractivity (Wildman–Crippen MR) is 91.0 cm³/mol. The molecule has 0 unspecified atom stereocenters. The SMILES string of the molecule is CC.CCC(C)(C)C(C)(C)CN1C(=O)c2ccccc2C1=O. The summed E-state index contributed by atoms with van der Waals surface area (Å²) in [5.74, 6) is -0.323. The highest BCUT2D eigenvalue weighted by molar-refractivity contribution is 6.21. The number of nitrogens with zero attached hydrogens (tertiary/aromatic N) is 1. The maximum absolute atomic E-state index is 12.4. The summed E-state index contributed by atoms with van der Waals surface area (Å²) in [6.45, 7) is 15.2. The van der Waals surface area contributed by atoms with Crippen molar-refractivity contribution in [2.24, 2.45) is 10.8 Å². The van der Waals surface area contributed by atoms with Gasteiger partial charge in [-0.25, -0.2) is 0 Å². The Morgan fingerprint density at radius 1 is 0.864 bits per heavy atom. The summed E-state index contributed by atoms with van der Waals surface area (Å²) in [6.07, 6.45) is 1.00. The van der Waals surface area contributed by atoms with E-state index in [0.29, 0.717) is 17.7 Å². The monoisotopic (exact) mass is 303 g/mol. The minimum atomic E-state index is -0.162. The quantitative estimate of drug-likeness (QED) is 0.751. The van der Waals surface area contributed by atoms with Gasteiger partial charge in [0.25, 0.3) is 11.8 Å². The number of hydrogen-bond donors (Lipinski definition) is 0. The Hall–Kier alpha value is -1.64. The van der Waals surface area contributed by atoms with E-state index < -0.39 is 0 Å². The van der Waals surface area contributed by atoms with Gasteiger partial charge in [-0.3, -0.25) is 14.5 Å². The van der Waals surface area contributed by atoms with Crippen molar-refractivity contribution in [2.45, 2.75) is 54.9 Å². The number of imide groups is 1. The number of fused-ring (bicyclic) bond motifs is 1. The molecule has 0 saturated carbocycles. The molecule has 0 aliphatic carbocycles. The van der Waals surface area contributed by atoms with Crippen LogP contribution < -0.4 is 0 Å². The summed E-state index contributed by atoms with van der Waals surface area (Å²) in [6, 6.07) is 7.06. The number of rotatable bonds is 4. The standard InChI is InChI=1S/C17H23NO2.C2H6/c1-6-16(2,3)17(4,5)11-18-14(19)12-9-7-8-10-13(12)15(18)20;1-2/h7-10H,6,11H2,1-5H3;1-2H3. The Morgan fingerprint density at radius 2 is 1.27 bits per heavy atom. The zero-order valence-corrected chi connectivity index (χ0v) is 15.0. The minimum absolute atomic E-state index is 0.0579. The van der Waals surface area contributed by atoms with E-state index in [0.717, 1.165) is 6.42 Å². The van der Waals surface area contributed by atoms with Gasteiger partial charge in [-0.15, -0.1) is 0 Å². The Kier molecular flexibility index (Phi) is 5.55. The summed E-state index contributed by atoms with van der Waals surface area (Å²) in [7, 11) is 0. The molecule has 2 rings (SSSR count). The highest BCUT2D eigenvalue weighted by Crippen LogP contribution is 2.42. The molecular formula is C19H29NO2. The van der Waals surface area contributed by atoms with Crippen LogP contribution in [0.3, 0.4) is 0 Å². The van der Waals surface area contributed by atoms with Gasteiger partial charge in [0.2, 0.25) is 0 Å². The summed E-state index contributed by atoms with van der Waals surface area (Å²) in [5, 5.41) is 0. The van der Waals surface area contributed by atoms with Crippen molar-refractivity contribution in [3.63, 3.8) is 0 Å². The van der Waals surface area contributed by atoms with E-state index >= 15 is 0 Å². The van der Waals surface area contributed by atoms with Crippen molar-refractivity contribution in [1.82, 2.24) is 4.90 Å². The smallest absolute Gasteiger partial charge is 0.261 e. The van der Waals surface area contributed by atoms with E-state index in [1.54, 1.807) is 24.3 Å². The van der Waals surface area contributed by atoms with Crippen LogP contribution in [0.15, 0.2) is 24.3 Å². The zero-order chi connectivity index (χ0) is 17.1. The van der Waals surface area contributed by atoms with Crippen molar-refractivity contribution in [3.8, 4) is 0 Å². The summed E-state index contributed by atoms with van der Waals surface area (Å²) >= 11 is 0. The van der Waals surface area contributed by atoms with E-state index in [2.05, 4.69) is 34.6 Å². The van der Waals surface area contributed by atoms with E-state index in [-0.39, 0.29) is 22.6 Å². The van der Waals surface area contributed by atoms with Crippen LogP contribution in [-0.2, 0) is 0 Å². The lowest BCUT2D eigenvalue weighted by molar-refractivity contribution is 0.0383. The number of amides is 2. The minimum Gasteiger partial charge on any atom is -0.274 e. The van der Waals surface area contributed by atoms with Gasteiger partial charge >= 0.3 is 0 Å². The van der Waals surface area contributed by atoms with E-state index in [4.69, 9.17) is 0 Å². The lowest BCUT2D eigenvalue weighted by atomic mass is 9.66. The van der Waals surface area contributed by atoms with Gasteiger partial charge < -0.3 is 0 Å². The topological polar surface area (TPSA) is 37.4 Å². The highest BCUT2D eigenvalue weighted by Gasteiger charge is 2.43. The van der Waals surface area contributed by atoms with Gasteiger partial charge in [-0.2, -0.15) is 0 Å². The first-order chi connectivity index (χ1) is 10.2. The van der Waals surface area contributed by atoms with E-state index in [1.807, 2.05) is 13.8 Å². The molecule has 0 spiro atoms. The fourth-order valence-electron chi connectivity index (χ4n) is 2.47. The van der Waals surface area contributed by atoms with Gasteiger partial charge in [0.05, 0.1) is 11.1 Å². The van der Waals surface area contributed by atoms with Gasteiger partial charge in [0.1, 0.15) is 0 Å². The van der Waals surface area contributed by atoms with Crippen LogP contribution in [0.5, 0.6) is 0 Å². The van der Waals surface area contributed by atoms with Crippen LogP contribution in [0, 0.1) is 10.8 Å². The Balaban J connectivity index is 0.00000116. The summed E-state index contributed by atoms with van der Waals surface area (Å²) in [5.41, 5.74) is 0.988. The Labute approximate surface area is 134 Å². The molecule has 3 heteroatoms. The van der Waals surface area contributed by atoms with Crippen molar-refractivity contribution < 1.29 is 9.59 Å².